The van der Waals surface area contributed by atoms with E-state index in [1.165, 1.54) is 20.8 Å². The van der Waals surface area contributed by atoms with Gasteiger partial charge >= 0.3 is 59.7 Å². The second-order valence-corrected chi connectivity index (χ2v) is 41.3. The molecule has 4 spiro atoms. The number of aliphatic carboxylic acids is 2. The van der Waals surface area contributed by atoms with Gasteiger partial charge in [-0.2, -0.15) is 0 Å². The van der Waals surface area contributed by atoms with Crippen LogP contribution in [0.4, 0.5) is 0 Å². The third-order valence-corrected chi connectivity index (χ3v) is 33.2. The predicted molar refractivity (Wildman–Crippen MR) is 505 cm³/mol. The Hall–Kier alpha value is -13.5. The van der Waals surface area contributed by atoms with Crippen molar-refractivity contribution >= 4 is 82.8 Å². The average molecular weight is 2040 g/mol. The number of carboxylic acid groups (broad SMARTS) is 2. The van der Waals surface area contributed by atoms with E-state index in [0.29, 0.717) is 99.6 Å². The summed E-state index contributed by atoms with van der Waals surface area (Å²) in [4.78, 5) is 176. The third-order valence-electron chi connectivity index (χ3n) is 33.2. The fourth-order valence-corrected chi connectivity index (χ4v) is 26.1. The number of aliphatic hydroxyl groups is 4. The van der Waals surface area contributed by atoms with Crippen molar-refractivity contribution in [3.63, 3.8) is 0 Å². The fourth-order valence-electron chi connectivity index (χ4n) is 26.1. The van der Waals surface area contributed by atoms with E-state index < -0.39 is 190 Å². The van der Waals surface area contributed by atoms with E-state index in [4.69, 9.17) is 67.1 Å². The van der Waals surface area contributed by atoms with Crippen LogP contribution in [-0.4, -0.2) is 297 Å². The molecule has 16 aliphatic rings. The van der Waals surface area contributed by atoms with Crippen molar-refractivity contribution in [1.29, 1.82) is 0 Å². The Morgan fingerprint density at radius 3 is 0.837 bits per heavy atom. The lowest BCUT2D eigenvalue weighted by Crippen LogP contribution is -2.74. The van der Waals surface area contributed by atoms with E-state index >= 15 is 0 Å². The number of Topliss-reactive ketones (excluding diaryl/α,β-unsaturated/α-hetero) is 4. The lowest BCUT2D eigenvalue weighted by Gasteiger charge is -2.61. The maximum absolute atomic E-state index is 12.9. The number of carbonyl (C=O) groups excluding carboxylic acids is 12. The Labute approximate surface area is 843 Å². The summed E-state index contributed by atoms with van der Waals surface area (Å²) in [6, 6.07) is 21.9. The number of phenolic OH excluding ortho intramolecular Hbond substituents is 4. The van der Waals surface area contributed by atoms with Crippen LogP contribution in [-0.2, 0) is 152 Å². The Morgan fingerprint density at radius 2 is 0.592 bits per heavy atom. The van der Waals surface area contributed by atoms with Gasteiger partial charge in [-0.15, -0.1) is 0 Å². The molecule has 10 N–H and O–H groups in total. The number of hydrogen-bond acceptors (Lipinski definition) is 38. The van der Waals surface area contributed by atoms with Crippen LogP contribution in [0.2, 0.25) is 0 Å². The van der Waals surface area contributed by atoms with Crippen molar-refractivity contribution < 1.29 is 175 Å². The minimum Gasteiger partial charge on any atom is -0.504 e. The molecule has 4 saturated heterocycles. The van der Waals surface area contributed by atoms with E-state index in [1.807, 2.05) is 52.5 Å². The van der Waals surface area contributed by atoms with Crippen molar-refractivity contribution in [2.75, 3.05) is 54.4 Å². The number of nitrogens with zero attached hydrogens (tertiary/aromatic N) is 4. The van der Waals surface area contributed by atoms with Gasteiger partial charge in [-0.05, 0) is 217 Å². The van der Waals surface area contributed by atoms with E-state index in [-0.39, 0.29) is 146 Å². The highest BCUT2D eigenvalue weighted by Crippen LogP contribution is 2.71. The van der Waals surface area contributed by atoms with Crippen molar-refractivity contribution in [3.8, 4) is 46.0 Å². The van der Waals surface area contributed by atoms with Crippen LogP contribution >= 0.6 is 0 Å². The highest BCUT2D eigenvalue weighted by atomic mass is 16.6. The third kappa shape index (κ3) is 17.2. The SMILES string of the molecule is CC(=O)[C@@H](CC(=O)O)OC(=O)CCC(=O)OC1=CC[C@@]2(O)[C@H]3Cc4ccc(O)c5c4[C@@]2(CCN3C)[C@H]1O5.CC(=O)[C@@H](OC(=O)CCC(=O)OC1=CC[C@@]2(O)[C@H]3Cc4ccc(O)c5c4[C@@]2(CCN3C)[C@H]1O5)c1ccccc1.CC(=O)[C@H](C)OC(=O)CCC(=O)OC1=CC[C@@]2(O)[C@H]3Cc4ccc(O)c5c4[C@@]2(CCN3C)[C@H]1O5.CC(=O)[C@H](CC(=O)O)OC(=O)CCC(=O)OC1=CC[C@@]2(O)[C@H]3Cc4ccc(O)c5c4[C@@]2(CCN3C)[C@H]1O5. The quantitative estimate of drug-likeness (QED) is 0.0185. The highest BCUT2D eigenvalue weighted by Gasteiger charge is 2.77. The molecule has 5 aromatic rings. The summed E-state index contributed by atoms with van der Waals surface area (Å²) >= 11 is 0. The minimum atomic E-state index is -1.42. The van der Waals surface area contributed by atoms with Crippen molar-refractivity contribution in [2.45, 2.75) is 293 Å². The number of likely N-dealkylation sites (N-methyl/N-ethyl adjacent to an activating group) is 4. The molecule has 20 atom stereocenters. The van der Waals surface area contributed by atoms with Crippen LogP contribution in [0, 0.1) is 0 Å². The molecule has 21 rings (SSSR count). The normalized spacial score (nSPS) is 30.0. The van der Waals surface area contributed by atoms with Crippen molar-refractivity contribution in [1.82, 2.24) is 19.6 Å². The second kappa shape index (κ2) is 39.0. The molecule has 0 amide bonds. The maximum Gasteiger partial charge on any atom is 0.311 e. The summed E-state index contributed by atoms with van der Waals surface area (Å²) in [6.45, 7) is 9.19. The van der Waals surface area contributed by atoms with Crippen LogP contribution in [0.15, 0.2) is 126 Å². The molecule has 0 radical (unpaired) electrons. The zero-order chi connectivity index (χ0) is 105. The zero-order valence-electron chi connectivity index (χ0n) is 82.5. The summed E-state index contributed by atoms with van der Waals surface area (Å²) in [5.41, 5.74) is -0.482. The van der Waals surface area contributed by atoms with Crippen LogP contribution in [0.1, 0.15) is 206 Å². The summed E-state index contributed by atoms with van der Waals surface area (Å²) in [5.74, 6) is -8.16. The maximum atomic E-state index is 12.9. The first-order valence-corrected chi connectivity index (χ1v) is 49.4. The first kappa shape index (κ1) is 103. The van der Waals surface area contributed by atoms with Gasteiger partial charge in [0.2, 0.25) is 0 Å². The number of rotatable bonds is 29. The first-order valence-electron chi connectivity index (χ1n) is 49.4. The number of esters is 8. The highest BCUT2D eigenvalue weighted by molar-refractivity contribution is 5.91. The minimum absolute atomic E-state index is 0.00438. The van der Waals surface area contributed by atoms with E-state index in [1.54, 1.807) is 78.9 Å². The molecule has 782 valence electrons. The number of aromatic hydroxyl groups is 4. The molecular formula is C107H118N4O36. The van der Waals surface area contributed by atoms with Gasteiger partial charge < -0.3 is 128 Å². The van der Waals surface area contributed by atoms with Crippen LogP contribution in [0.25, 0.3) is 0 Å². The molecule has 8 aliphatic heterocycles. The molecule has 147 heavy (non-hydrogen) atoms. The average Bonchev–Trinajstić information content (AvgIpc) is 1.55. The smallest absolute Gasteiger partial charge is 0.311 e. The van der Waals surface area contributed by atoms with E-state index in [9.17, 15) is 108 Å². The van der Waals surface area contributed by atoms with Gasteiger partial charge in [0.15, 0.2) is 118 Å². The molecule has 0 saturated carbocycles. The molecule has 0 aromatic heterocycles. The summed E-state index contributed by atoms with van der Waals surface area (Å²) in [6.07, 6.45) is 0.503. The largest absolute Gasteiger partial charge is 0.504 e. The Morgan fingerprint density at radius 1 is 0.340 bits per heavy atom. The number of piperidine rings is 4. The summed E-state index contributed by atoms with van der Waals surface area (Å²) < 4.78 is 67.8. The van der Waals surface area contributed by atoms with Gasteiger partial charge in [0.25, 0.3) is 0 Å². The van der Waals surface area contributed by atoms with E-state index in [0.717, 1.165) is 64.9 Å². The molecule has 4 fully saturated rings. The van der Waals surface area contributed by atoms with Gasteiger partial charge in [-0.3, -0.25) is 67.1 Å². The number of likely N-dealkylation sites (tertiary alicyclic amines) is 4. The van der Waals surface area contributed by atoms with Crippen molar-refractivity contribution in [2.24, 2.45) is 0 Å². The molecule has 8 aliphatic carbocycles. The second-order valence-electron chi connectivity index (χ2n) is 41.3. The molecule has 8 bridgehead atoms. The first-order chi connectivity index (χ1) is 69.7. The number of benzene rings is 5. The number of carbonyl (C=O) groups is 14. The number of phenols is 4. The topological polar surface area (TPSA) is 565 Å². The lowest BCUT2D eigenvalue weighted by molar-refractivity contribution is -0.170. The van der Waals surface area contributed by atoms with Crippen LogP contribution < -0.4 is 18.9 Å². The van der Waals surface area contributed by atoms with Gasteiger partial charge in [-0.1, -0.05) is 54.6 Å². The molecular weight excluding hydrogens is 1920 g/mol. The van der Waals surface area contributed by atoms with Crippen LogP contribution in [0.3, 0.4) is 0 Å². The number of carboxylic acids is 2. The molecule has 40 heteroatoms. The van der Waals surface area contributed by atoms with Crippen molar-refractivity contribution in [3.05, 3.63) is 176 Å². The van der Waals surface area contributed by atoms with Gasteiger partial charge in [0, 0.05) is 72.1 Å². The monoisotopic (exact) mass is 2030 g/mol. The Bertz CT molecular complexity index is 6280. The standard InChI is InChI=1S/C30H31NO8.2C26H29NO10.C25H29NO8/c1-17(32)26(18-6-4-3-5-7-18)38-24(35)11-10-23(34)37-21-12-13-30(36)22-16-19-8-9-20(33)27-25(19)29(30,28(21)39-27)14-15-31(22)2;2*1-13(28)17(12-19(30)31)36-21(33)6-5-20(32)35-16-7-8-26(34)18-11-14-3-4-15(29)23-22(14)25(26,24(16)37-23)9-10-27(18)2;1-13(27)14(2)32-19(29)6-7-20(30)33-17-8-9-25(31)18-12-15-4-5-16(28)22-21(15)24(25,23(17)34-22)10-11-26(18)3/h3-9,12,22,26,28,33,36H,10-11,13-16H2,1-2H3;2*3-4,7,17-18,24,29,34H,5-6,8-12H2,1-2H3,(H,30,31);4-5,8,14,18,23,28,31H,6-7,9-12H2,1-3H3/t22-,26-,28+,29+,30-;17-,18+,24-,25-,26+;17-,18-,24+,25+,26-;14-,18+,23-,24-,25+/m1010/s1. The Kier molecular flexibility index (Phi) is 27.4. The lowest BCUT2D eigenvalue weighted by atomic mass is 9.50. The molecule has 8 heterocycles. The van der Waals surface area contributed by atoms with E-state index in [2.05, 4.69) is 19.6 Å². The number of ketones is 4. The molecule has 5 aromatic carbocycles. The number of hydrogen-bond donors (Lipinski definition) is 10. The summed E-state index contributed by atoms with van der Waals surface area (Å²) in [5, 5.41) is 108. The zero-order valence-corrected chi connectivity index (χ0v) is 82.5. The fraction of sp³-hybridized carbons (Fsp3) is 0.514. The molecule has 0 unspecified atom stereocenters. The van der Waals surface area contributed by atoms with Crippen LogP contribution in [0.5, 0.6) is 46.0 Å². The Balaban J connectivity index is 0.000000129. The predicted octanol–water partition coefficient (Wildman–Crippen LogP) is 6.32. The van der Waals surface area contributed by atoms with Gasteiger partial charge in [-0.25, -0.2) is 0 Å². The van der Waals surface area contributed by atoms with Gasteiger partial charge in [0.05, 0.1) is 108 Å². The van der Waals surface area contributed by atoms with Gasteiger partial charge in [0.1, 0.15) is 23.0 Å². The molecule has 40 nitrogen and oxygen atoms in total. The summed E-state index contributed by atoms with van der Waals surface area (Å²) in [7, 11) is 7.94. The number of ether oxygens (including phenoxy) is 12.